The number of nitrogens with zero attached hydrogens (tertiary/aromatic N) is 1. The van der Waals surface area contributed by atoms with Crippen molar-refractivity contribution in [2.45, 2.75) is 19.9 Å². The van der Waals surface area contributed by atoms with Crippen molar-refractivity contribution in [3.8, 4) is 0 Å². The van der Waals surface area contributed by atoms with Gasteiger partial charge >= 0.3 is 5.97 Å². The van der Waals surface area contributed by atoms with Gasteiger partial charge in [-0.1, -0.05) is 6.08 Å². The lowest BCUT2D eigenvalue weighted by molar-refractivity contribution is -0.136. The summed E-state index contributed by atoms with van der Waals surface area (Å²) in [5.41, 5.74) is 0.667. The monoisotopic (exact) mass is 231 g/mol. The first-order chi connectivity index (χ1) is 7.02. The Bertz CT molecular complexity index is 229. The van der Waals surface area contributed by atoms with Gasteiger partial charge in [0.2, 0.25) is 0 Å². The van der Waals surface area contributed by atoms with Gasteiger partial charge in [0.25, 0.3) is 0 Å². The highest BCUT2D eigenvalue weighted by Crippen LogP contribution is 2.04. The quantitative estimate of drug-likeness (QED) is 0.515. The molecular weight excluding hydrogens is 210 g/mol. The number of ether oxygens (including phenoxy) is 1. The van der Waals surface area contributed by atoms with Crippen LogP contribution in [0.1, 0.15) is 13.8 Å². The molecule has 0 N–H and O–H groups in total. The van der Waals surface area contributed by atoms with Gasteiger partial charge in [0.1, 0.15) is 0 Å². The zero-order valence-electron chi connectivity index (χ0n) is 10.2. The summed E-state index contributed by atoms with van der Waals surface area (Å²) in [7, 11) is 3.46. The maximum atomic E-state index is 11.1. The summed E-state index contributed by atoms with van der Waals surface area (Å²) in [6.07, 6.45) is 4.00. The second-order valence-electron chi connectivity index (χ2n) is 3.62. The van der Waals surface area contributed by atoms with E-state index in [2.05, 4.69) is 29.9 Å². The van der Waals surface area contributed by atoms with Crippen LogP contribution < -0.4 is 0 Å². The van der Waals surface area contributed by atoms with E-state index in [9.17, 15) is 4.79 Å². The highest BCUT2D eigenvalue weighted by atomic mass is 32.2. The Hall–Kier alpha value is -0.480. The van der Waals surface area contributed by atoms with Gasteiger partial charge in [-0.2, -0.15) is 11.8 Å². The molecule has 0 bridgehead atoms. The lowest BCUT2D eigenvalue weighted by atomic mass is 10.2. The fraction of sp³-hybridized carbons (Fsp3) is 0.727. The van der Waals surface area contributed by atoms with E-state index in [1.165, 1.54) is 7.11 Å². The molecule has 0 aromatic heterocycles. The number of rotatable bonds is 6. The molecule has 0 amide bonds. The minimum Gasteiger partial charge on any atom is -0.466 e. The van der Waals surface area contributed by atoms with Gasteiger partial charge in [0.05, 0.1) is 7.11 Å². The maximum Gasteiger partial charge on any atom is 0.333 e. The van der Waals surface area contributed by atoms with Crippen molar-refractivity contribution >= 4 is 17.7 Å². The third-order valence-electron chi connectivity index (χ3n) is 2.35. The van der Waals surface area contributed by atoms with E-state index in [0.717, 1.165) is 12.3 Å². The fourth-order valence-corrected chi connectivity index (χ4v) is 1.81. The Kier molecular flexibility index (Phi) is 7.52. The van der Waals surface area contributed by atoms with Crippen LogP contribution in [0.25, 0.3) is 0 Å². The summed E-state index contributed by atoms with van der Waals surface area (Å²) < 4.78 is 4.62. The van der Waals surface area contributed by atoms with Crippen LogP contribution in [0.2, 0.25) is 0 Å². The van der Waals surface area contributed by atoms with E-state index in [0.29, 0.717) is 11.6 Å². The molecule has 0 aliphatic rings. The maximum absolute atomic E-state index is 11.1. The second kappa shape index (κ2) is 7.77. The van der Waals surface area contributed by atoms with Crippen LogP contribution >= 0.6 is 11.8 Å². The normalized spacial score (nSPS) is 14.1. The van der Waals surface area contributed by atoms with Crippen molar-refractivity contribution < 1.29 is 9.53 Å². The Morgan fingerprint density at radius 3 is 2.67 bits per heavy atom. The summed E-state index contributed by atoms with van der Waals surface area (Å²) in [5, 5.41) is 0. The zero-order chi connectivity index (χ0) is 11.8. The minimum absolute atomic E-state index is 0.249. The molecule has 0 aromatic rings. The number of hydrogen-bond acceptors (Lipinski definition) is 4. The zero-order valence-corrected chi connectivity index (χ0v) is 11.1. The molecule has 0 aromatic carbocycles. The van der Waals surface area contributed by atoms with Crippen molar-refractivity contribution in [2.24, 2.45) is 0 Å². The summed E-state index contributed by atoms with van der Waals surface area (Å²) in [4.78, 5) is 13.3. The van der Waals surface area contributed by atoms with Gasteiger partial charge in [-0.25, -0.2) is 4.79 Å². The van der Waals surface area contributed by atoms with Crippen molar-refractivity contribution in [3.63, 3.8) is 0 Å². The van der Waals surface area contributed by atoms with Crippen molar-refractivity contribution in [1.82, 2.24) is 4.90 Å². The molecule has 88 valence electrons. The molecule has 1 atom stereocenters. The second-order valence-corrected chi connectivity index (χ2v) is 4.53. The molecule has 0 rings (SSSR count). The molecule has 0 aliphatic carbocycles. The molecule has 0 saturated heterocycles. The third kappa shape index (κ3) is 5.85. The van der Waals surface area contributed by atoms with Crippen LogP contribution in [0.15, 0.2) is 11.6 Å². The molecule has 0 spiro atoms. The third-order valence-corrected chi connectivity index (χ3v) is 3.17. The molecule has 15 heavy (non-hydrogen) atoms. The molecule has 4 heteroatoms. The fourth-order valence-electron chi connectivity index (χ4n) is 1.07. The van der Waals surface area contributed by atoms with Gasteiger partial charge < -0.3 is 4.74 Å². The number of carbonyl (C=O) groups is 1. The van der Waals surface area contributed by atoms with Gasteiger partial charge in [-0.3, -0.25) is 4.90 Å². The van der Waals surface area contributed by atoms with Crippen LogP contribution in [0.4, 0.5) is 0 Å². The predicted molar refractivity (Wildman–Crippen MR) is 66.2 cm³/mol. The van der Waals surface area contributed by atoms with Crippen LogP contribution in [0.5, 0.6) is 0 Å². The summed E-state index contributed by atoms with van der Waals surface area (Å²) in [6.45, 7) is 4.74. The molecule has 1 unspecified atom stereocenters. The Morgan fingerprint density at radius 2 is 2.20 bits per heavy atom. The standard InChI is InChI=1S/C11H21NO2S/c1-9(11(13)14-4)6-7-12(3)10(2)8-15-5/h6,10H,7-8H2,1-5H3. The van der Waals surface area contributed by atoms with E-state index >= 15 is 0 Å². The molecule has 0 aliphatic heterocycles. The Labute approximate surface area is 96.9 Å². The van der Waals surface area contributed by atoms with E-state index < -0.39 is 0 Å². The first-order valence-electron chi connectivity index (χ1n) is 4.97. The number of thioether (sulfide) groups is 1. The van der Waals surface area contributed by atoms with Gasteiger partial charge in [0, 0.05) is 23.9 Å². The summed E-state index contributed by atoms with van der Waals surface area (Å²) in [6, 6.07) is 0.515. The Balaban J connectivity index is 4.07. The molecular formula is C11H21NO2S. The largest absolute Gasteiger partial charge is 0.466 e. The number of likely N-dealkylation sites (N-methyl/N-ethyl adjacent to an activating group) is 1. The predicted octanol–water partition coefficient (Wildman–Crippen LogP) is 1.79. The number of hydrogen-bond donors (Lipinski definition) is 0. The lowest BCUT2D eigenvalue weighted by Crippen LogP contribution is -2.31. The van der Waals surface area contributed by atoms with Crippen LogP contribution in [-0.2, 0) is 9.53 Å². The molecule has 0 heterocycles. The van der Waals surface area contributed by atoms with Gasteiger partial charge in [-0.05, 0) is 27.2 Å². The smallest absolute Gasteiger partial charge is 0.333 e. The van der Waals surface area contributed by atoms with Crippen LogP contribution in [0, 0.1) is 0 Å². The van der Waals surface area contributed by atoms with E-state index in [1.807, 2.05) is 17.8 Å². The van der Waals surface area contributed by atoms with E-state index in [1.54, 1.807) is 6.92 Å². The SMILES string of the molecule is COC(=O)C(C)=CCN(C)C(C)CSC. The van der Waals surface area contributed by atoms with Gasteiger partial charge in [0.15, 0.2) is 0 Å². The number of methoxy groups -OCH3 is 1. The molecule has 0 fully saturated rings. The highest BCUT2D eigenvalue weighted by molar-refractivity contribution is 7.98. The lowest BCUT2D eigenvalue weighted by Gasteiger charge is -2.22. The Morgan fingerprint density at radius 1 is 1.60 bits per heavy atom. The van der Waals surface area contributed by atoms with E-state index in [4.69, 9.17) is 0 Å². The number of carbonyl (C=O) groups excluding carboxylic acids is 1. The molecule has 0 saturated carbocycles. The first-order valence-corrected chi connectivity index (χ1v) is 6.36. The van der Waals surface area contributed by atoms with Crippen molar-refractivity contribution in [2.75, 3.05) is 32.7 Å². The van der Waals surface area contributed by atoms with E-state index in [-0.39, 0.29) is 5.97 Å². The number of esters is 1. The van der Waals surface area contributed by atoms with Crippen molar-refractivity contribution in [1.29, 1.82) is 0 Å². The average molecular weight is 231 g/mol. The van der Waals surface area contributed by atoms with Crippen molar-refractivity contribution in [3.05, 3.63) is 11.6 Å². The topological polar surface area (TPSA) is 29.5 Å². The van der Waals surface area contributed by atoms with Gasteiger partial charge in [-0.15, -0.1) is 0 Å². The summed E-state index contributed by atoms with van der Waals surface area (Å²) >= 11 is 1.83. The summed E-state index contributed by atoms with van der Waals surface area (Å²) in [5.74, 6) is 0.850. The van der Waals surface area contributed by atoms with Crippen LogP contribution in [0.3, 0.4) is 0 Å². The average Bonchev–Trinajstić information content (AvgIpc) is 2.24. The highest BCUT2D eigenvalue weighted by Gasteiger charge is 2.08. The minimum atomic E-state index is -0.249. The molecule has 0 radical (unpaired) electrons. The van der Waals surface area contributed by atoms with Crippen LogP contribution in [-0.4, -0.2) is 49.6 Å². The first kappa shape index (κ1) is 14.5. The molecule has 3 nitrogen and oxygen atoms in total.